The molecule has 1 aliphatic heterocycles. The minimum atomic E-state index is 0.906. The highest BCUT2D eigenvalue weighted by Gasteiger charge is 2.12. The molecule has 1 N–H and O–H groups in total. The third kappa shape index (κ3) is 4.26. The number of piperidine rings is 1. The van der Waals surface area contributed by atoms with Crippen molar-refractivity contribution in [1.82, 2.24) is 5.32 Å². The molecule has 0 bridgehead atoms. The van der Waals surface area contributed by atoms with Crippen LogP contribution in [-0.4, -0.2) is 19.9 Å². The predicted octanol–water partition coefficient (Wildman–Crippen LogP) is 2.04. The Morgan fingerprint density at radius 1 is 1.13 bits per heavy atom. The number of rotatable bonds is 2. The predicted molar refractivity (Wildman–Crippen MR) is 62.9 cm³/mol. The Morgan fingerprint density at radius 3 is 2.33 bits per heavy atom. The molecule has 1 aromatic carbocycles. The van der Waals surface area contributed by atoms with Crippen LogP contribution in [-0.2, 0) is 11.2 Å². The molecule has 1 heterocycles. The van der Waals surface area contributed by atoms with Gasteiger partial charge in [0.2, 0.25) is 0 Å². The highest BCUT2D eigenvalue weighted by molar-refractivity contribution is 5.15. The van der Waals surface area contributed by atoms with E-state index in [0.29, 0.717) is 0 Å². The molecule has 1 aromatic rings. The standard InChI is InChI=1S/C12H17N.CH2O/c1-2-4-11(5-3-1)10-12-6-8-13-9-7-12;1-2/h1-5,12-13H,6-10H2;1H2. The highest BCUT2D eigenvalue weighted by Crippen LogP contribution is 2.17. The molecule has 0 unspecified atom stereocenters. The van der Waals surface area contributed by atoms with Crippen molar-refractivity contribution in [1.29, 1.82) is 0 Å². The number of hydrogen-bond acceptors (Lipinski definition) is 2. The lowest BCUT2D eigenvalue weighted by atomic mass is 9.91. The largest absolute Gasteiger partial charge is 0.317 e. The van der Waals surface area contributed by atoms with Gasteiger partial charge in [-0.1, -0.05) is 30.3 Å². The van der Waals surface area contributed by atoms with E-state index in [1.54, 1.807) is 0 Å². The summed E-state index contributed by atoms with van der Waals surface area (Å²) in [5.74, 6) is 0.906. The molecule has 2 rings (SSSR count). The molecule has 0 atom stereocenters. The summed E-state index contributed by atoms with van der Waals surface area (Å²) in [5.41, 5.74) is 1.49. The van der Waals surface area contributed by atoms with Crippen LogP contribution in [0.25, 0.3) is 0 Å². The first-order valence-electron chi connectivity index (χ1n) is 5.48. The Morgan fingerprint density at radius 2 is 1.73 bits per heavy atom. The molecule has 2 heteroatoms. The number of carbonyl (C=O) groups excluding carboxylic acids is 1. The Bertz CT molecular complexity index is 254. The van der Waals surface area contributed by atoms with Crippen molar-refractivity contribution < 1.29 is 4.79 Å². The lowest BCUT2D eigenvalue weighted by Gasteiger charge is -2.22. The third-order valence-corrected chi connectivity index (χ3v) is 2.83. The van der Waals surface area contributed by atoms with E-state index >= 15 is 0 Å². The van der Waals surface area contributed by atoms with E-state index in [-0.39, 0.29) is 0 Å². The second-order valence-electron chi connectivity index (χ2n) is 3.88. The van der Waals surface area contributed by atoms with E-state index < -0.39 is 0 Å². The van der Waals surface area contributed by atoms with Gasteiger partial charge in [0.15, 0.2) is 0 Å². The lowest BCUT2D eigenvalue weighted by molar-refractivity contribution is -0.0979. The van der Waals surface area contributed by atoms with E-state index in [4.69, 9.17) is 4.79 Å². The Hall–Kier alpha value is -1.15. The molecule has 15 heavy (non-hydrogen) atoms. The van der Waals surface area contributed by atoms with Crippen molar-refractivity contribution in [2.75, 3.05) is 13.1 Å². The second-order valence-corrected chi connectivity index (χ2v) is 3.88. The fourth-order valence-electron chi connectivity index (χ4n) is 2.03. The molecule has 0 saturated carbocycles. The number of hydrogen-bond donors (Lipinski definition) is 1. The maximum atomic E-state index is 8.00. The third-order valence-electron chi connectivity index (χ3n) is 2.83. The number of nitrogens with one attached hydrogen (secondary N) is 1. The van der Waals surface area contributed by atoms with Crippen molar-refractivity contribution >= 4 is 6.79 Å². The second kappa shape index (κ2) is 7.18. The highest BCUT2D eigenvalue weighted by atomic mass is 16.1. The maximum Gasteiger partial charge on any atom is 0.106 e. The first kappa shape index (κ1) is 11.9. The van der Waals surface area contributed by atoms with Gasteiger partial charge in [0.1, 0.15) is 6.79 Å². The van der Waals surface area contributed by atoms with Gasteiger partial charge in [-0.2, -0.15) is 0 Å². The number of carbonyl (C=O) groups is 1. The molecule has 0 amide bonds. The van der Waals surface area contributed by atoms with Gasteiger partial charge in [-0.15, -0.1) is 0 Å². The van der Waals surface area contributed by atoms with Crippen molar-refractivity contribution in [2.24, 2.45) is 5.92 Å². The van der Waals surface area contributed by atoms with E-state index in [2.05, 4.69) is 35.6 Å². The molecule has 0 radical (unpaired) electrons. The molecular weight excluding hydrogens is 186 g/mol. The van der Waals surface area contributed by atoms with Crippen LogP contribution in [0.4, 0.5) is 0 Å². The Labute approximate surface area is 91.7 Å². The first-order chi connectivity index (χ1) is 7.45. The van der Waals surface area contributed by atoms with Gasteiger partial charge in [0.05, 0.1) is 0 Å². The van der Waals surface area contributed by atoms with E-state index in [1.165, 1.54) is 37.9 Å². The smallest absolute Gasteiger partial charge is 0.106 e. The summed E-state index contributed by atoms with van der Waals surface area (Å²) >= 11 is 0. The lowest BCUT2D eigenvalue weighted by Crippen LogP contribution is -2.28. The maximum absolute atomic E-state index is 8.00. The van der Waals surface area contributed by atoms with E-state index in [0.717, 1.165) is 5.92 Å². The zero-order valence-electron chi connectivity index (χ0n) is 9.11. The Kier molecular flexibility index (Phi) is 5.71. The Balaban J connectivity index is 0.000000531. The van der Waals surface area contributed by atoms with Crippen molar-refractivity contribution in [3.8, 4) is 0 Å². The minimum Gasteiger partial charge on any atom is -0.317 e. The minimum absolute atomic E-state index is 0.906. The average Bonchev–Trinajstić information content (AvgIpc) is 2.34. The zero-order valence-corrected chi connectivity index (χ0v) is 9.11. The van der Waals surface area contributed by atoms with Crippen LogP contribution in [0.2, 0.25) is 0 Å². The SMILES string of the molecule is C=O.c1ccc(CC2CCNCC2)cc1. The van der Waals surface area contributed by atoms with Gasteiger partial charge in [0, 0.05) is 0 Å². The molecule has 0 aliphatic carbocycles. The summed E-state index contributed by atoms with van der Waals surface area (Å²) in [6.07, 6.45) is 3.95. The van der Waals surface area contributed by atoms with Gasteiger partial charge in [0.25, 0.3) is 0 Å². The van der Waals surface area contributed by atoms with Crippen LogP contribution in [0.15, 0.2) is 30.3 Å². The van der Waals surface area contributed by atoms with Crippen molar-refractivity contribution in [3.05, 3.63) is 35.9 Å². The van der Waals surface area contributed by atoms with Gasteiger partial charge < -0.3 is 10.1 Å². The van der Waals surface area contributed by atoms with Crippen LogP contribution in [0.1, 0.15) is 18.4 Å². The van der Waals surface area contributed by atoms with Gasteiger partial charge in [-0.3, -0.25) is 0 Å². The van der Waals surface area contributed by atoms with E-state index in [1.807, 2.05) is 6.79 Å². The fraction of sp³-hybridized carbons (Fsp3) is 0.462. The molecule has 82 valence electrons. The summed E-state index contributed by atoms with van der Waals surface area (Å²) < 4.78 is 0. The summed E-state index contributed by atoms with van der Waals surface area (Å²) in [5, 5.41) is 3.40. The first-order valence-corrected chi connectivity index (χ1v) is 5.48. The molecule has 1 aliphatic rings. The average molecular weight is 205 g/mol. The van der Waals surface area contributed by atoms with Crippen LogP contribution in [0, 0.1) is 5.92 Å². The summed E-state index contributed by atoms with van der Waals surface area (Å²) in [4.78, 5) is 8.00. The molecule has 2 nitrogen and oxygen atoms in total. The van der Waals surface area contributed by atoms with Gasteiger partial charge in [-0.05, 0) is 43.8 Å². The molecular formula is C13H19NO. The van der Waals surface area contributed by atoms with Crippen LogP contribution in [0.3, 0.4) is 0 Å². The normalized spacial score (nSPS) is 16.5. The monoisotopic (exact) mass is 205 g/mol. The summed E-state index contributed by atoms with van der Waals surface area (Å²) in [7, 11) is 0. The molecule has 0 aromatic heterocycles. The quantitative estimate of drug-likeness (QED) is 0.800. The summed E-state index contributed by atoms with van der Waals surface area (Å²) in [6.45, 7) is 4.41. The zero-order chi connectivity index (χ0) is 10.9. The molecule has 1 fully saturated rings. The summed E-state index contributed by atoms with van der Waals surface area (Å²) in [6, 6.07) is 10.8. The van der Waals surface area contributed by atoms with Crippen LogP contribution >= 0.6 is 0 Å². The van der Waals surface area contributed by atoms with Gasteiger partial charge >= 0.3 is 0 Å². The van der Waals surface area contributed by atoms with E-state index in [9.17, 15) is 0 Å². The van der Waals surface area contributed by atoms with Crippen molar-refractivity contribution in [3.63, 3.8) is 0 Å². The van der Waals surface area contributed by atoms with Crippen LogP contribution in [0.5, 0.6) is 0 Å². The van der Waals surface area contributed by atoms with Crippen LogP contribution < -0.4 is 5.32 Å². The fourth-order valence-corrected chi connectivity index (χ4v) is 2.03. The van der Waals surface area contributed by atoms with Crippen molar-refractivity contribution in [2.45, 2.75) is 19.3 Å². The van der Waals surface area contributed by atoms with Gasteiger partial charge in [-0.25, -0.2) is 0 Å². The number of benzene rings is 1. The molecule has 1 saturated heterocycles. The molecule has 0 spiro atoms. The topological polar surface area (TPSA) is 29.1 Å².